The number of aliphatic hydroxyl groups excluding tert-OH is 2. The summed E-state index contributed by atoms with van der Waals surface area (Å²) in [6.45, 7) is 0. The first-order valence-corrected chi connectivity index (χ1v) is 5.32. The highest BCUT2D eigenvalue weighted by Crippen LogP contribution is 2.20. The van der Waals surface area contributed by atoms with Crippen molar-refractivity contribution in [1.82, 2.24) is 4.57 Å². The van der Waals surface area contributed by atoms with Crippen molar-refractivity contribution in [3.63, 3.8) is 0 Å². The first-order chi connectivity index (χ1) is 8.16. The SMILES string of the molecule is Cn1c2c(c3ccccc31)=C(O)C(C=O)C=2O. The molecule has 1 aliphatic carbocycles. The fraction of sp³-hybridized carbons (Fsp3) is 0.154. The minimum Gasteiger partial charge on any atom is -0.510 e. The van der Waals surface area contributed by atoms with E-state index in [1.807, 2.05) is 24.3 Å². The number of benzene rings is 1. The maximum Gasteiger partial charge on any atom is 0.138 e. The average molecular weight is 229 g/mol. The van der Waals surface area contributed by atoms with Crippen LogP contribution in [0.3, 0.4) is 0 Å². The minimum atomic E-state index is -0.921. The molecule has 4 nitrogen and oxygen atoms in total. The van der Waals surface area contributed by atoms with Crippen molar-refractivity contribution < 1.29 is 15.0 Å². The molecule has 0 saturated carbocycles. The van der Waals surface area contributed by atoms with Crippen molar-refractivity contribution in [2.24, 2.45) is 13.0 Å². The second-order valence-electron chi connectivity index (χ2n) is 4.18. The van der Waals surface area contributed by atoms with Crippen LogP contribution in [0, 0.1) is 5.92 Å². The van der Waals surface area contributed by atoms with Crippen LogP contribution in [0.4, 0.5) is 0 Å². The lowest BCUT2D eigenvalue weighted by Gasteiger charge is -2.04. The molecule has 0 spiro atoms. The lowest BCUT2D eigenvalue weighted by Crippen LogP contribution is -2.27. The molecule has 1 aromatic heterocycles. The van der Waals surface area contributed by atoms with Gasteiger partial charge in [-0.25, -0.2) is 0 Å². The van der Waals surface area contributed by atoms with Gasteiger partial charge in [0.25, 0.3) is 0 Å². The van der Waals surface area contributed by atoms with Crippen molar-refractivity contribution in [2.45, 2.75) is 0 Å². The number of carbonyl (C=O) groups is 1. The van der Waals surface area contributed by atoms with Gasteiger partial charge in [-0.15, -0.1) is 0 Å². The molecular formula is C13H11NO3. The van der Waals surface area contributed by atoms with Gasteiger partial charge >= 0.3 is 0 Å². The van der Waals surface area contributed by atoms with E-state index in [2.05, 4.69) is 0 Å². The maximum atomic E-state index is 10.9. The van der Waals surface area contributed by atoms with E-state index < -0.39 is 5.92 Å². The Kier molecular flexibility index (Phi) is 1.84. The quantitative estimate of drug-likeness (QED) is 0.693. The third kappa shape index (κ3) is 1.04. The van der Waals surface area contributed by atoms with Gasteiger partial charge in [-0.3, -0.25) is 0 Å². The van der Waals surface area contributed by atoms with Gasteiger partial charge in [0.15, 0.2) is 0 Å². The van der Waals surface area contributed by atoms with Crippen LogP contribution >= 0.6 is 0 Å². The molecule has 0 radical (unpaired) electrons. The number of para-hydroxylation sites is 1. The Hall–Kier alpha value is -2.23. The highest BCUT2D eigenvalue weighted by molar-refractivity contribution is 5.91. The van der Waals surface area contributed by atoms with Crippen LogP contribution in [0.25, 0.3) is 22.4 Å². The molecule has 2 N–H and O–H groups in total. The Morgan fingerprint density at radius 1 is 1.24 bits per heavy atom. The summed E-state index contributed by atoms with van der Waals surface area (Å²) in [6.07, 6.45) is 0.555. The van der Waals surface area contributed by atoms with E-state index in [-0.39, 0.29) is 11.5 Å². The number of aromatic nitrogens is 1. The van der Waals surface area contributed by atoms with E-state index >= 15 is 0 Å². The van der Waals surface area contributed by atoms with E-state index in [1.54, 1.807) is 11.6 Å². The van der Waals surface area contributed by atoms with Crippen LogP contribution in [0.2, 0.25) is 0 Å². The summed E-state index contributed by atoms with van der Waals surface area (Å²) >= 11 is 0. The Morgan fingerprint density at radius 2 is 1.94 bits per heavy atom. The normalized spacial score (nSPS) is 18.8. The number of aliphatic hydroxyl groups is 2. The number of hydrogen-bond acceptors (Lipinski definition) is 3. The van der Waals surface area contributed by atoms with Gasteiger partial charge in [-0.05, 0) is 6.07 Å². The molecule has 1 atom stereocenters. The number of aldehydes is 1. The highest BCUT2D eigenvalue weighted by atomic mass is 16.3. The van der Waals surface area contributed by atoms with Gasteiger partial charge in [-0.1, -0.05) is 18.2 Å². The van der Waals surface area contributed by atoms with E-state index in [9.17, 15) is 15.0 Å². The molecule has 1 heterocycles. The van der Waals surface area contributed by atoms with Crippen molar-refractivity contribution >= 4 is 28.7 Å². The second kappa shape index (κ2) is 3.13. The fourth-order valence-corrected chi connectivity index (χ4v) is 2.51. The van der Waals surface area contributed by atoms with Gasteiger partial charge in [0.2, 0.25) is 0 Å². The van der Waals surface area contributed by atoms with Crippen LogP contribution in [-0.4, -0.2) is 21.1 Å². The Bertz CT molecular complexity index is 755. The zero-order chi connectivity index (χ0) is 12.2. The minimum absolute atomic E-state index is 0.0655. The molecule has 4 heteroatoms. The molecule has 86 valence electrons. The van der Waals surface area contributed by atoms with Gasteiger partial charge in [0.05, 0.1) is 5.35 Å². The molecule has 2 aromatic rings. The standard InChI is InChI=1S/C13H11NO3/c1-14-9-5-3-2-4-7(9)10-11(14)13(17)8(6-15)12(10)16/h2-6,8,16-17H,1H3. The zero-order valence-corrected chi connectivity index (χ0v) is 9.21. The van der Waals surface area contributed by atoms with Crippen LogP contribution in [0.1, 0.15) is 0 Å². The largest absolute Gasteiger partial charge is 0.510 e. The molecule has 1 aromatic carbocycles. The zero-order valence-electron chi connectivity index (χ0n) is 9.21. The number of carbonyl (C=O) groups excluding carboxylic acids is 1. The lowest BCUT2D eigenvalue weighted by molar-refractivity contribution is -0.109. The molecule has 0 aliphatic heterocycles. The average Bonchev–Trinajstić information content (AvgIpc) is 2.76. The van der Waals surface area contributed by atoms with Crippen molar-refractivity contribution in [3.05, 3.63) is 34.8 Å². The predicted octanol–water partition coefficient (Wildman–Crippen LogP) is 0.339. The molecule has 0 fully saturated rings. The fourth-order valence-electron chi connectivity index (χ4n) is 2.51. The highest BCUT2D eigenvalue weighted by Gasteiger charge is 2.29. The molecule has 0 bridgehead atoms. The smallest absolute Gasteiger partial charge is 0.138 e. The summed E-state index contributed by atoms with van der Waals surface area (Å²) in [4.78, 5) is 10.9. The van der Waals surface area contributed by atoms with Crippen LogP contribution in [0.5, 0.6) is 0 Å². The van der Waals surface area contributed by atoms with E-state index in [4.69, 9.17) is 0 Å². The van der Waals surface area contributed by atoms with Gasteiger partial charge in [-0.2, -0.15) is 0 Å². The summed E-state index contributed by atoms with van der Waals surface area (Å²) in [5.74, 6) is -1.06. The van der Waals surface area contributed by atoms with Crippen LogP contribution in [0.15, 0.2) is 24.3 Å². The van der Waals surface area contributed by atoms with Gasteiger partial charge < -0.3 is 19.6 Å². The first-order valence-electron chi connectivity index (χ1n) is 5.32. The summed E-state index contributed by atoms with van der Waals surface area (Å²) in [5, 5.41) is 21.9. The number of rotatable bonds is 1. The Balaban J connectivity index is 2.66. The van der Waals surface area contributed by atoms with E-state index in [1.165, 1.54) is 0 Å². The molecule has 1 aliphatic rings. The monoisotopic (exact) mass is 229 g/mol. The van der Waals surface area contributed by atoms with Crippen LogP contribution in [-0.2, 0) is 11.8 Å². The molecule has 0 saturated heterocycles. The Labute approximate surface area is 96.7 Å². The molecule has 0 amide bonds. The number of hydrogen-bond donors (Lipinski definition) is 2. The molecule has 17 heavy (non-hydrogen) atoms. The summed E-state index contributed by atoms with van der Waals surface area (Å²) < 4.78 is 1.79. The summed E-state index contributed by atoms with van der Waals surface area (Å²) in [7, 11) is 1.80. The van der Waals surface area contributed by atoms with E-state index in [0.29, 0.717) is 16.9 Å². The van der Waals surface area contributed by atoms with Gasteiger partial charge in [0.1, 0.15) is 23.7 Å². The number of nitrogens with zero attached hydrogens (tertiary/aromatic N) is 1. The molecule has 3 rings (SSSR count). The second-order valence-corrected chi connectivity index (χ2v) is 4.18. The van der Waals surface area contributed by atoms with Crippen molar-refractivity contribution in [1.29, 1.82) is 0 Å². The first kappa shape index (κ1) is 9.96. The topological polar surface area (TPSA) is 62.5 Å². The van der Waals surface area contributed by atoms with E-state index in [0.717, 1.165) is 10.9 Å². The molecule has 1 unspecified atom stereocenters. The lowest BCUT2D eigenvalue weighted by atomic mass is 10.1. The number of fused-ring (bicyclic) bond motifs is 3. The number of aryl methyl sites for hydroxylation is 1. The maximum absolute atomic E-state index is 10.9. The summed E-state index contributed by atoms with van der Waals surface area (Å²) in [6, 6.07) is 7.53. The predicted molar refractivity (Wildman–Crippen MR) is 63.8 cm³/mol. The van der Waals surface area contributed by atoms with Gasteiger partial charge in [0, 0.05) is 23.2 Å². The molecular weight excluding hydrogens is 218 g/mol. The Morgan fingerprint density at radius 3 is 2.65 bits per heavy atom. The third-order valence-electron chi connectivity index (χ3n) is 3.33. The summed E-state index contributed by atoms with van der Waals surface area (Å²) in [5.41, 5.74) is 0.917. The third-order valence-corrected chi connectivity index (χ3v) is 3.33. The van der Waals surface area contributed by atoms with Crippen LogP contribution < -0.4 is 10.6 Å². The van der Waals surface area contributed by atoms with Crippen molar-refractivity contribution in [3.8, 4) is 0 Å². The van der Waals surface area contributed by atoms with Crippen molar-refractivity contribution in [2.75, 3.05) is 0 Å².